The molecule has 2 atom stereocenters. The number of carbonyl (C=O) groups excluding carboxylic acids is 1. The van der Waals surface area contributed by atoms with Gasteiger partial charge in [0.15, 0.2) is 0 Å². The van der Waals surface area contributed by atoms with Crippen molar-refractivity contribution in [3.8, 4) is 0 Å². The molecular formula is C20H20N4O3. The highest BCUT2D eigenvalue weighted by Crippen LogP contribution is 2.38. The first kappa shape index (κ1) is 17.2. The van der Waals surface area contributed by atoms with Crippen LogP contribution in [0.3, 0.4) is 0 Å². The number of nitro benzene ring substituents is 1. The smallest absolute Gasteiger partial charge is 0.274 e. The van der Waals surface area contributed by atoms with Crippen molar-refractivity contribution in [3.63, 3.8) is 0 Å². The summed E-state index contributed by atoms with van der Waals surface area (Å²) in [6.45, 7) is 2.41. The monoisotopic (exact) mass is 364 g/mol. The molecule has 0 radical (unpaired) electrons. The molecule has 7 heteroatoms. The summed E-state index contributed by atoms with van der Waals surface area (Å²) in [6.07, 6.45) is 0.530. The molecule has 7 nitrogen and oxygen atoms in total. The van der Waals surface area contributed by atoms with Crippen LogP contribution in [0.1, 0.15) is 29.8 Å². The fourth-order valence-corrected chi connectivity index (χ4v) is 3.84. The number of benzene rings is 2. The zero-order valence-corrected chi connectivity index (χ0v) is 14.9. The van der Waals surface area contributed by atoms with Gasteiger partial charge in [-0.25, -0.2) is 0 Å². The van der Waals surface area contributed by atoms with Crippen LogP contribution in [-0.2, 0) is 11.2 Å². The Balaban J connectivity index is 1.88. The minimum Gasteiger partial charge on any atom is -0.357 e. The second-order valence-corrected chi connectivity index (χ2v) is 6.63. The van der Waals surface area contributed by atoms with E-state index in [1.165, 1.54) is 6.07 Å². The number of rotatable bonds is 4. The lowest BCUT2D eigenvalue weighted by Gasteiger charge is -2.30. The lowest BCUT2D eigenvalue weighted by Crippen LogP contribution is -2.49. The Morgan fingerprint density at radius 1 is 1.22 bits per heavy atom. The minimum absolute atomic E-state index is 0.0381. The highest BCUT2D eigenvalue weighted by Gasteiger charge is 2.36. The first-order chi connectivity index (χ1) is 13.1. The van der Waals surface area contributed by atoms with Crippen LogP contribution in [-0.4, -0.2) is 28.4 Å². The van der Waals surface area contributed by atoms with Gasteiger partial charge in [0.1, 0.15) is 0 Å². The molecule has 1 aliphatic rings. The summed E-state index contributed by atoms with van der Waals surface area (Å²) in [5.74, 6) is -0.1000. The van der Waals surface area contributed by atoms with Gasteiger partial charge in [-0.05, 0) is 25.0 Å². The van der Waals surface area contributed by atoms with Gasteiger partial charge in [0.05, 0.1) is 22.6 Å². The second kappa shape index (κ2) is 6.85. The van der Waals surface area contributed by atoms with Gasteiger partial charge in [0.25, 0.3) is 5.69 Å². The van der Waals surface area contributed by atoms with E-state index in [0.29, 0.717) is 18.5 Å². The van der Waals surface area contributed by atoms with E-state index in [4.69, 9.17) is 0 Å². The molecule has 3 N–H and O–H groups in total. The molecule has 0 spiro atoms. The normalized spacial score (nSPS) is 18.9. The lowest BCUT2D eigenvalue weighted by molar-refractivity contribution is -0.385. The molecule has 1 aromatic heterocycles. The number of hydrogen-bond acceptors (Lipinski definition) is 4. The van der Waals surface area contributed by atoms with E-state index in [1.54, 1.807) is 18.2 Å². The van der Waals surface area contributed by atoms with Crippen molar-refractivity contribution >= 4 is 22.5 Å². The largest absolute Gasteiger partial charge is 0.357 e. The summed E-state index contributed by atoms with van der Waals surface area (Å²) in [5.41, 5.74) is 3.46. The van der Waals surface area contributed by atoms with Crippen LogP contribution in [0, 0.1) is 10.1 Å². The van der Waals surface area contributed by atoms with Crippen LogP contribution in [0.4, 0.5) is 5.69 Å². The third-order valence-electron chi connectivity index (χ3n) is 5.02. The molecule has 0 saturated heterocycles. The number of H-pyrrole nitrogens is 1. The summed E-state index contributed by atoms with van der Waals surface area (Å²) < 4.78 is 0. The van der Waals surface area contributed by atoms with Crippen molar-refractivity contribution in [1.82, 2.24) is 15.6 Å². The Morgan fingerprint density at radius 2 is 1.96 bits per heavy atom. The van der Waals surface area contributed by atoms with Gasteiger partial charge < -0.3 is 10.3 Å². The Hall–Kier alpha value is -3.19. The molecule has 3 aromatic rings. The Bertz CT molecular complexity index is 1030. The highest BCUT2D eigenvalue weighted by molar-refractivity contribution is 5.88. The van der Waals surface area contributed by atoms with Gasteiger partial charge in [-0.3, -0.25) is 20.2 Å². The van der Waals surface area contributed by atoms with E-state index in [0.717, 1.165) is 22.2 Å². The molecule has 1 unspecified atom stereocenters. The fourth-order valence-electron chi connectivity index (χ4n) is 3.84. The first-order valence-corrected chi connectivity index (χ1v) is 8.96. The maximum absolute atomic E-state index is 12.5. The maximum Gasteiger partial charge on any atom is 0.274 e. The zero-order chi connectivity index (χ0) is 19.0. The third kappa shape index (κ3) is 2.96. The van der Waals surface area contributed by atoms with Gasteiger partial charge in [0, 0.05) is 29.2 Å². The molecule has 1 amide bonds. The van der Waals surface area contributed by atoms with E-state index in [-0.39, 0.29) is 16.5 Å². The number of carbonyl (C=O) groups is 1. The molecule has 0 bridgehead atoms. The number of fused-ring (bicyclic) bond motifs is 3. The quantitative estimate of drug-likeness (QED) is 0.489. The average Bonchev–Trinajstić information content (AvgIpc) is 3.06. The Labute approximate surface area is 155 Å². The number of nitrogens with zero attached hydrogens (tertiary/aromatic N) is 1. The maximum atomic E-state index is 12.5. The molecule has 2 heterocycles. The van der Waals surface area contributed by atoms with Crippen LogP contribution in [0.5, 0.6) is 0 Å². The number of aromatic amines is 1. The molecule has 0 fully saturated rings. The molecule has 138 valence electrons. The number of likely N-dealkylation sites (N-methyl/N-ethyl adjacent to an activating group) is 1. The molecule has 0 aliphatic carbocycles. The van der Waals surface area contributed by atoms with Gasteiger partial charge in [-0.15, -0.1) is 0 Å². The first-order valence-electron chi connectivity index (χ1n) is 8.96. The van der Waals surface area contributed by atoms with Gasteiger partial charge in [-0.2, -0.15) is 0 Å². The van der Waals surface area contributed by atoms with Gasteiger partial charge >= 0.3 is 0 Å². The molecular weight excluding hydrogens is 344 g/mol. The van der Waals surface area contributed by atoms with Crippen molar-refractivity contribution in [2.45, 2.75) is 25.4 Å². The number of nitro groups is 1. The number of hydrogen-bond donors (Lipinski definition) is 3. The SMILES string of the molecule is CCNC(=O)[C@@H]1Cc2c([nH]c3ccccc23)C(c2ccccc2[N+](=O)[O-])N1. The van der Waals surface area contributed by atoms with E-state index in [2.05, 4.69) is 15.6 Å². The van der Waals surface area contributed by atoms with Crippen LogP contribution >= 0.6 is 0 Å². The van der Waals surface area contributed by atoms with Crippen LogP contribution in [0.2, 0.25) is 0 Å². The molecule has 27 heavy (non-hydrogen) atoms. The zero-order valence-electron chi connectivity index (χ0n) is 14.9. The van der Waals surface area contributed by atoms with Crippen molar-refractivity contribution < 1.29 is 9.72 Å². The molecule has 2 aromatic carbocycles. The van der Waals surface area contributed by atoms with Crippen molar-refractivity contribution in [2.24, 2.45) is 0 Å². The van der Waals surface area contributed by atoms with E-state index in [1.807, 2.05) is 31.2 Å². The molecule has 4 rings (SSSR count). The number of aromatic nitrogens is 1. The fraction of sp³-hybridized carbons (Fsp3) is 0.250. The summed E-state index contributed by atoms with van der Waals surface area (Å²) in [7, 11) is 0. The van der Waals surface area contributed by atoms with Crippen LogP contribution in [0.25, 0.3) is 10.9 Å². The Morgan fingerprint density at radius 3 is 2.74 bits per heavy atom. The van der Waals surface area contributed by atoms with Crippen LogP contribution in [0.15, 0.2) is 48.5 Å². The van der Waals surface area contributed by atoms with E-state index < -0.39 is 12.1 Å². The highest BCUT2D eigenvalue weighted by atomic mass is 16.6. The van der Waals surface area contributed by atoms with Crippen LogP contribution < -0.4 is 10.6 Å². The standard InChI is InChI=1S/C20H20N4O3/c1-2-21-20(25)16-11-14-12-7-3-5-9-15(12)22-19(14)18(23-16)13-8-4-6-10-17(13)24(26)27/h3-10,16,18,22-23H,2,11H2,1H3,(H,21,25)/t16-,18?/m0/s1. The second-order valence-electron chi connectivity index (χ2n) is 6.63. The predicted molar refractivity (Wildman–Crippen MR) is 103 cm³/mol. The summed E-state index contributed by atoms with van der Waals surface area (Å²) >= 11 is 0. The van der Waals surface area contributed by atoms with E-state index in [9.17, 15) is 14.9 Å². The van der Waals surface area contributed by atoms with E-state index >= 15 is 0 Å². The number of para-hydroxylation sites is 2. The van der Waals surface area contributed by atoms with Crippen molar-refractivity contribution in [1.29, 1.82) is 0 Å². The average molecular weight is 364 g/mol. The Kier molecular flexibility index (Phi) is 4.37. The molecule has 0 saturated carbocycles. The topological polar surface area (TPSA) is 100 Å². The summed E-state index contributed by atoms with van der Waals surface area (Å²) in [6, 6.07) is 13.6. The lowest BCUT2D eigenvalue weighted by atomic mass is 9.89. The summed E-state index contributed by atoms with van der Waals surface area (Å²) in [5, 5.41) is 18.8. The van der Waals surface area contributed by atoms with Gasteiger partial charge in [-0.1, -0.05) is 36.4 Å². The predicted octanol–water partition coefficient (Wildman–Crippen LogP) is 2.82. The van der Waals surface area contributed by atoms with Crippen molar-refractivity contribution in [3.05, 3.63) is 75.5 Å². The number of nitrogens with one attached hydrogen (secondary N) is 3. The third-order valence-corrected chi connectivity index (χ3v) is 5.02. The van der Waals surface area contributed by atoms with Crippen molar-refractivity contribution in [2.75, 3.05) is 6.54 Å². The van der Waals surface area contributed by atoms with Gasteiger partial charge in [0.2, 0.25) is 5.91 Å². The summed E-state index contributed by atoms with van der Waals surface area (Å²) in [4.78, 5) is 27.1. The molecule has 1 aliphatic heterocycles. The minimum atomic E-state index is -0.463. The number of amides is 1.